The van der Waals surface area contributed by atoms with E-state index in [4.69, 9.17) is 14.2 Å². The summed E-state index contributed by atoms with van der Waals surface area (Å²) in [6.07, 6.45) is 1.54. The van der Waals surface area contributed by atoms with Gasteiger partial charge < -0.3 is 19.5 Å². The van der Waals surface area contributed by atoms with Crippen molar-refractivity contribution in [3.8, 4) is 11.5 Å². The molecule has 1 aromatic carbocycles. The van der Waals surface area contributed by atoms with Crippen LogP contribution in [0, 0.1) is 0 Å². The molecule has 8 nitrogen and oxygen atoms in total. The van der Waals surface area contributed by atoms with Gasteiger partial charge in [0.25, 0.3) is 11.5 Å². The molecule has 0 saturated carbocycles. The average molecular weight is 343 g/mol. The van der Waals surface area contributed by atoms with Gasteiger partial charge in [0, 0.05) is 12.3 Å². The molecule has 0 radical (unpaired) electrons. The Morgan fingerprint density at radius 3 is 2.92 bits per heavy atom. The van der Waals surface area contributed by atoms with Crippen molar-refractivity contribution in [2.24, 2.45) is 0 Å². The van der Waals surface area contributed by atoms with Crippen molar-refractivity contribution in [2.75, 3.05) is 26.4 Å². The second kappa shape index (κ2) is 6.56. The molecule has 4 rings (SSSR count). The third kappa shape index (κ3) is 2.96. The topological polar surface area (TPSA) is 91.7 Å². The summed E-state index contributed by atoms with van der Waals surface area (Å²) in [6, 6.07) is 7.49. The van der Waals surface area contributed by atoms with Crippen LogP contribution in [0.25, 0.3) is 0 Å². The Morgan fingerprint density at radius 2 is 2.04 bits per heavy atom. The normalized spacial score (nSPS) is 21.8. The van der Waals surface area contributed by atoms with E-state index in [1.54, 1.807) is 24.3 Å². The minimum absolute atomic E-state index is 0.230. The van der Waals surface area contributed by atoms with Gasteiger partial charge in [-0.15, -0.1) is 0 Å². The lowest BCUT2D eigenvalue weighted by atomic mass is 10.1. The zero-order valence-electron chi connectivity index (χ0n) is 13.4. The average Bonchev–Trinajstić information content (AvgIpc) is 3.09. The molecule has 2 aliphatic rings. The molecular formula is C17H17N3O5. The fraction of sp³-hybridized carbons (Fsp3) is 0.353. The quantitative estimate of drug-likeness (QED) is 0.867. The molecule has 130 valence electrons. The van der Waals surface area contributed by atoms with Crippen LogP contribution in [0.2, 0.25) is 0 Å². The molecule has 2 unspecified atom stereocenters. The van der Waals surface area contributed by atoms with E-state index < -0.39 is 0 Å². The van der Waals surface area contributed by atoms with Gasteiger partial charge in [-0.05, 0) is 18.2 Å². The second-order valence-corrected chi connectivity index (χ2v) is 5.82. The number of hydrogen-bond acceptors (Lipinski definition) is 6. The first kappa shape index (κ1) is 15.6. The van der Waals surface area contributed by atoms with Gasteiger partial charge in [0.2, 0.25) is 0 Å². The van der Waals surface area contributed by atoms with Crippen molar-refractivity contribution in [3.05, 3.63) is 52.4 Å². The number of nitrogens with one attached hydrogen (secondary N) is 1. The highest BCUT2D eigenvalue weighted by atomic mass is 16.6. The van der Waals surface area contributed by atoms with Crippen LogP contribution in [0.1, 0.15) is 16.4 Å². The summed E-state index contributed by atoms with van der Waals surface area (Å²) in [4.78, 5) is 24.7. The maximum Gasteiger partial charge on any atom is 0.267 e. The van der Waals surface area contributed by atoms with Gasteiger partial charge in [-0.1, -0.05) is 6.07 Å². The van der Waals surface area contributed by atoms with Crippen molar-refractivity contribution in [1.82, 2.24) is 15.1 Å². The van der Waals surface area contributed by atoms with Crippen LogP contribution in [0.15, 0.2) is 41.3 Å². The van der Waals surface area contributed by atoms with Crippen molar-refractivity contribution in [2.45, 2.75) is 12.1 Å². The molecular weight excluding hydrogens is 326 g/mol. The Labute approximate surface area is 143 Å². The number of nitrogens with zero attached hydrogens (tertiary/aromatic N) is 2. The Balaban J connectivity index is 1.57. The lowest BCUT2D eigenvalue weighted by molar-refractivity contribution is 0.0913. The van der Waals surface area contributed by atoms with Crippen molar-refractivity contribution in [3.63, 3.8) is 0 Å². The fourth-order valence-corrected chi connectivity index (χ4v) is 3.04. The third-order valence-corrected chi connectivity index (χ3v) is 4.23. The van der Waals surface area contributed by atoms with Gasteiger partial charge in [0.05, 0.1) is 24.8 Å². The zero-order chi connectivity index (χ0) is 17.2. The highest BCUT2D eigenvalue weighted by molar-refractivity contribution is 5.98. The number of fused-ring (bicyclic) bond motifs is 1. The van der Waals surface area contributed by atoms with Gasteiger partial charge in [0.15, 0.2) is 11.5 Å². The van der Waals surface area contributed by atoms with Crippen LogP contribution in [0.3, 0.4) is 0 Å². The van der Waals surface area contributed by atoms with E-state index in [-0.39, 0.29) is 23.6 Å². The SMILES string of the molecule is O=C(NC1COCC1n1ncccc1=O)c1cccc2c1OCCO2. The van der Waals surface area contributed by atoms with Crippen LogP contribution in [-0.4, -0.2) is 48.2 Å². The van der Waals surface area contributed by atoms with E-state index in [1.165, 1.54) is 16.9 Å². The predicted molar refractivity (Wildman–Crippen MR) is 87.0 cm³/mol. The Hall–Kier alpha value is -2.87. The first-order valence-electron chi connectivity index (χ1n) is 8.05. The molecule has 1 saturated heterocycles. The number of rotatable bonds is 3. The maximum atomic E-state index is 12.7. The Morgan fingerprint density at radius 1 is 1.16 bits per heavy atom. The molecule has 2 atom stereocenters. The van der Waals surface area contributed by atoms with E-state index in [2.05, 4.69) is 10.4 Å². The lowest BCUT2D eigenvalue weighted by Gasteiger charge is -2.23. The fourth-order valence-electron chi connectivity index (χ4n) is 3.04. The first-order chi connectivity index (χ1) is 12.2. The molecule has 25 heavy (non-hydrogen) atoms. The molecule has 1 N–H and O–H groups in total. The summed E-state index contributed by atoms with van der Waals surface area (Å²) in [5.74, 6) is 0.697. The largest absolute Gasteiger partial charge is 0.486 e. The van der Waals surface area contributed by atoms with Crippen molar-refractivity contribution >= 4 is 5.91 Å². The van der Waals surface area contributed by atoms with Crippen LogP contribution >= 0.6 is 0 Å². The molecule has 2 aromatic rings. The molecule has 8 heteroatoms. The minimum Gasteiger partial charge on any atom is -0.486 e. The standard InChI is InChI=1S/C17H17N3O5/c21-15-5-2-6-18-20(15)13-10-23-9-12(13)19-17(22)11-3-1-4-14-16(11)25-8-7-24-14/h1-6,12-13H,7-10H2,(H,19,22). The number of amides is 1. The smallest absolute Gasteiger partial charge is 0.267 e. The number of ether oxygens (including phenoxy) is 3. The van der Waals surface area contributed by atoms with Crippen LogP contribution in [0.5, 0.6) is 11.5 Å². The van der Waals surface area contributed by atoms with E-state index in [1.807, 2.05) is 0 Å². The zero-order valence-corrected chi connectivity index (χ0v) is 13.4. The summed E-state index contributed by atoms with van der Waals surface area (Å²) < 4.78 is 17.9. The number of aromatic nitrogens is 2. The monoisotopic (exact) mass is 343 g/mol. The van der Waals surface area contributed by atoms with Gasteiger partial charge in [-0.2, -0.15) is 5.10 Å². The van der Waals surface area contributed by atoms with Crippen molar-refractivity contribution < 1.29 is 19.0 Å². The first-order valence-corrected chi connectivity index (χ1v) is 8.05. The van der Waals surface area contributed by atoms with Gasteiger partial charge in [-0.25, -0.2) is 4.68 Å². The molecule has 0 aliphatic carbocycles. The summed E-state index contributed by atoms with van der Waals surface area (Å²) >= 11 is 0. The highest BCUT2D eigenvalue weighted by Crippen LogP contribution is 2.33. The van der Waals surface area contributed by atoms with Gasteiger partial charge >= 0.3 is 0 Å². The molecule has 2 aliphatic heterocycles. The minimum atomic E-state index is -0.361. The van der Waals surface area contributed by atoms with E-state index in [9.17, 15) is 9.59 Å². The summed E-state index contributed by atoms with van der Waals surface area (Å²) in [6.45, 7) is 1.48. The van der Waals surface area contributed by atoms with Crippen molar-refractivity contribution in [1.29, 1.82) is 0 Å². The van der Waals surface area contributed by atoms with Gasteiger partial charge in [0.1, 0.15) is 19.3 Å². The molecule has 0 bridgehead atoms. The number of carbonyl (C=O) groups is 1. The van der Waals surface area contributed by atoms with Crippen LogP contribution < -0.4 is 20.3 Å². The predicted octanol–water partition coefficient (Wildman–Crippen LogP) is 0.384. The van der Waals surface area contributed by atoms with E-state index in [0.29, 0.717) is 43.5 Å². The molecule has 1 amide bonds. The van der Waals surface area contributed by atoms with Crippen LogP contribution in [0.4, 0.5) is 0 Å². The molecule has 1 fully saturated rings. The molecule has 0 spiro atoms. The lowest BCUT2D eigenvalue weighted by Crippen LogP contribution is -2.44. The summed E-state index contributed by atoms with van der Waals surface area (Å²) in [5, 5.41) is 7.01. The third-order valence-electron chi connectivity index (χ3n) is 4.23. The van der Waals surface area contributed by atoms with Crippen LogP contribution in [-0.2, 0) is 4.74 Å². The summed E-state index contributed by atoms with van der Waals surface area (Å²) in [5.41, 5.74) is 0.169. The van der Waals surface area contributed by atoms with E-state index >= 15 is 0 Å². The van der Waals surface area contributed by atoms with Gasteiger partial charge in [-0.3, -0.25) is 9.59 Å². The number of benzene rings is 1. The number of hydrogen-bond donors (Lipinski definition) is 1. The number of carbonyl (C=O) groups excluding carboxylic acids is 1. The highest BCUT2D eigenvalue weighted by Gasteiger charge is 2.33. The number of para-hydroxylation sites is 1. The van der Waals surface area contributed by atoms with E-state index in [0.717, 1.165) is 0 Å². The summed E-state index contributed by atoms with van der Waals surface area (Å²) in [7, 11) is 0. The maximum absolute atomic E-state index is 12.7. The molecule has 3 heterocycles. The Bertz CT molecular complexity index is 850. The molecule has 1 aromatic heterocycles. The second-order valence-electron chi connectivity index (χ2n) is 5.82. The Kier molecular flexibility index (Phi) is 4.10.